The third-order valence-electron chi connectivity index (χ3n) is 4.62. The van der Waals surface area contributed by atoms with Crippen molar-refractivity contribution in [2.45, 2.75) is 52.5 Å². The minimum atomic E-state index is -0.251. The zero-order valence-corrected chi connectivity index (χ0v) is 14.1. The first-order chi connectivity index (χ1) is 10.0. The average Bonchev–Trinajstić information content (AvgIpc) is 2.42. The molecule has 3 unspecified atom stereocenters. The minimum absolute atomic E-state index is 0.0776. The molecular formula is C18H27ClFN. The van der Waals surface area contributed by atoms with E-state index in [1.807, 2.05) is 12.1 Å². The molecule has 0 radical (unpaired) electrons. The van der Waals surface area contributed by atoms with Gasteiger partial charge in [0.2, 0.25) is 0 Å². The van der Waals surface area contributed by atoms with Crippen LogP contribution in [0.1, 0.15) is 58.1 Å². The van der Waals surface area contributed by atoms with Gasteiger partial charge in [0.1, 0.15) is 5.82 Å². The SMILES string of the molecule is CCCNC(c1cccc(Cl)c1F)C1CC(C)CC(C)C1. The molecule has 0 heterocycles. The van der Waals surface area contributed by atoms with Gasteiger partial charge in [-0.1, -0.05) is 44.5 Å². The first kappa shape index (κ1) is 16.8. The highest BCUT2D eigenvalue weighted by atomic mass is 35.5. The van der Waals surface area contributed by atoms with E-state index in [1.54, 1.807) is 6.07 Å². The third-order valence-corrected chi connectivity index (χ3v) is 4.91. The van der Waals surface area contributed by atoms with Gasteiger partial charge >= 0.3 is 0 Å². The first-order valence-electron chi connectivity index (χ1n) is 8.20. The molecule has 0 saturated heterocycles. The maximum Gasteiger partial charge on any atom is 0.146 e. The summed E-state index contributed by atoms with van der Waals surface area (Å²) in [6.45, 7) is 7.68. The summed E-state index contributed by atoms with van der Waals surface area (Å²) >= 11 is 5.99. The van der Waals surface area contributed by atoms with Crippen LogP contribution in [0, 0.1) is 23.6 Å². The molecule has 1 aliphatic rings. The summed E-state index contributed by atoms with van der Waals surface area (Å²) in [5.41, 5.74) is 0.738. The highest BCUT2D eigenvalue weighted by Gasteiger charge is 2.32. The Labute approximate surface area is 133 Å². The van der Waals surface area contributed by atoms with Crippen LogP contribution < -0.4 is 5.32 Å². The molecule has 1 aromatic carbocycles. The smallest absolute Gasteiger partial charge is 0.146 e. The van der Waals surface area contributed by atoms with Gasteiger partial charge < -0.3 is 5.32 Å². The molecule has 1 aromatic rings. The molecule has 1 fully saturated rings. The van der Waals surface area contributed by atoms with Crippen LogP contribution in [0.2, 0.25) is 5.02 Å². The number of hydrogen-bond acceptors (Lipinski definition) is 1. The highest BCUT2D eigenvalue weighted by molar-refractivity contribution is 6.30. The van der Waals surface area contributed by atoms with Gasteiger partial charge in [-0.3, -0.25) is 0 Å². The maximum absolute atomic E-state index is 14.5. The van der Waals surface area contributed by atoms with Crippen LogP contribution in [0.4, 0.5) is 4.39 Å². The van der Waals surface area contributed by atoms with Crippen molar-refractivity contribution in [3.63, 3.8) is 0 Å². The fourth-order valence-corrected chi connectivity index (χ4v) is 4.05. The molecule has 3 atom stereocenters. The van der Waals surface area contributed by atoms with E-state index in [9.17, 15) is 4.39 Å². The summed E-state index contributed by atoms with van der Waals surface area (Å²) in [7, 11) is 0. The standard InChI is InChI=1S/C18H27ClFN/c1-4-8-21-18(14-10-12(2)9-13(3)11-14)15-6-5-7-16(19)17(15)20/h5-7,12-14,18,21H,4,8-11H2,1-3H3. The summed E-state index contributed by atoms with van der Waals surface area (Å²) in [6.07, 6.45) is 4.67. The molecule has 118 valence electrons. The van der Waals surface area contributed by atoms with E-state index in [0.29, 0.717) is 17.8 Å². The van der Waals surface area contributed by atoms with Gasteiger partial charge in [0.15, 0.2) is 0 Å². The molecule has 1 nitrogen and oxygen atoms in total. The Bertz CT molecular complexity index is 453. The minimum Gasteiger partial charge on any atom is -0.310 e. The summed E-state index contributed by atoms with van der Waals surface area (Å²) in [5.74, 6) is 1.67. The Kier molecular flexibility index (Phi) is 6.07. The number of halogens is 2. The van der Waals surface area contributed by atoms with Crippen LogP contribution in [-0.2, 0) is 0 Å². The number of nitrogens with one attached hydrogen (secondary N) is 1. The molecule has 1 N–H and O–H groups in total. The monoisotopic (exact) mass is 311 g/mol. The summed E-state index contributed by atoms with van der Waals surface area (Å²) < 4.78 is 14.5. The van der Waals surface area contributed by atoms with Crippen LogP contribution in [0.5, 0.6) is 0 Å². The van der Waals surface area contributed by atoms with Gasteiger partial charge in [-0.15, -0.1) is 0 Å². The van der Waals surface area contributed by atoms with Gasteiger partial charge in [-0.25, -0.2) is 4.39 Å². The normalized spacial score (nSPS) is 27.6. The van der Waals surface area contributed by atoms with Crippen molar-refractivity contribution in [3.05, 3.63) is 34.6 Å². The second kappa shape index (κ2) is 7.60. The molecule has 0 amide bonds. The van der Waals surface area contributed by atoms with Crippen molar-refractivity contribution in [1.29, 1.82) is 0 Å². The Balaban J connectivity index is 2.27. The molecular weight excluding hydrogens is 285 g/mol. The first-order valence-corrected chi connectivity index (χ1v) is 8.58. The maximum atomic E-state index is 14.5. The van der Waals surface area contributed by atoms with E-state index in [0.717, 1.165) is 31.4 Å². The Morgan fingerprint density at radius 3 is 2.52 bits per heavy atom. The largest absolute Gasteiger partial charge is 0.310 e. The topological polar surface area (TPSA) is 12.0 Å². The second-order valence-electron chi connectivity index (χ2n) is 6.75. The lowest BCUT2D eigenvalue weighted by Gasteiger charge is -2.37. The predicted octanol–water partition coefficient (Wildman–Crippen LogP) is 5.59. The van der Waals surface area contributed by atoms with Crippen molar-refractivity contribution >= 4 is 11.6 Å². The van der Waals surface area contributed by atoms with Crippen molar-refractivity contribution in [3.8, 4) is 0 Å². The Morgan fingerprint density at radius 2 is 1.90 bits per heavy atom. The average molecular weight is 312 g/mol. The van der Waals surface area contributed by atoms with E-state index in [4.69, 9.17) is 11.6 Å². The van der Waals surface area contributed by atoms with Crippen molar-refractivity contribution in [2.24, 2.45) is 17.8 Å². The quantitative estimate of drug-likeness (QED) is 0.747. The second-order valence-corrected chi connectivity index (χ2v) is 7.16. The molecule has 1 aliphatic carbocycles. The van der Waals surface area contributed by atoms with E-state index in [1.165, 1.54) is 6.42 Å². The van der Waals surface area contributed by atoms with Gasteiger partial charge in [-0.2, -0.15) is 0 Å². The fraction of sp³-hybridized carbons (Fsp3) is 0.667. The van der Waals surface area contributed by atoms with Crippen molar-refractivity contribution in [1.82, 2.24) is 5.32 Å². The summed E-state index contributed by atoms with van der Waals surface area (Å²) in [4.78, 5) is 0. The van der Waals surface area contributed by atoms with E-state index >= 15 is 0 Å². The molecule has 0 bridgehead atoms. The molecule has 3 heteroatoms. The molecule has 0 spiro atoms. The lowest BCUT2D eigenvalue weighted by atomic mass is 9.72. The lowest BCUT2D eigenvalue weighted by Crippen LogP contribution is -2.34. The lowest BCUT2D eigenvalue weighted by molar-refractivity contribution is 0.174. The van der Waals surface area contributed by atoms with Gasteiger partial charge in [-0.05, 0) is 56.0 Å². The summed E-state index contributed by atoms with van der Waals surface area (Å²) in [6, 6.07) is 5.45. The summed E-state index contributed by atoms with van der Waals surface area (Å²) in [5, 5.41) is 3.80. The molecule has 1 saturated carbocycles. The van der Waals surface area contributed by atoms with Crippen LogP contribution in [0.3, 0.4) is 0 Å². The number of benzene rings is 1. The van der Waals surface area contributed by atoms with Crippen molar-refractivity contribution < 1.29 is 4.39 Å². The van der Waals surface area contributed by atoms with Gasteiger partial charge in [0, 0.05) is 11.6 Å². The Hall–Kier alpha value is -0.600. The fourth-order valence-electron chi connectivity index (χ4n) is 3.87. The van der Waals surface area contributed by atoms with E-state index in [2.05, 4.69) is 26.1 Å². The number of rotatable bonds is 5. The molecule has 0 aliphatic heterocycles. The number of hydrogen-bond donors (Lipinski definition) is 1. The van der Waals surface area contributed by atoms with Crippen molar-refractivity contribution in [2.75, 3.05) is 6.54 Å². The molecule has 21 heavy (non-hydrogen) atoms. The van der Waals surface area contributed by atoms with Crippen LogP contribution in [0.15, 0.2) is 18.2 Å². The van der Waals surface area contributed by atoms with Crippen LogP contribution in [-0.4, -0.2) is 6.54 Å². The highest BCUT2D eigenvalue weighted by Crippen LogP contribution is 2.41. The predicted molar refractivity (Wildman–Crippen MR) is 88.1 cm³/mol. The van der Waals surface area contributed by atoms with Gasteiger partial charge in [0.25, 0.3) is 0 Å². The Morgan fingerprint density at radius 1 is 1.24 bits per heavy atom. The van der Waals surface area contributed by atoms with E-state index < -0.39 is 0 Å². The molecule has 2 rings (SSSR count). The zero-order chi connectivity index (χ0) is 15.4. The third kappa shape index (κ3) is 4.20. The molecule has 0 aromatic heterocycles. The zero-order valence-electron chi connectivity index (χ0n) is 13.3. The van der Waals surface area contributed by atoms with Crippen LogP contribution in [0.25, 0.3) is 0 Å². The van der Waals surface area contributed by atoms with E-state index in [-0.39, 0.29) is 16.9 Å². The van der Waals surface area contributed by atoms with Crippen LogP contribution >= 0.6 is 11.6 Å². The van der Waals surface area contributed by atoms with Gasteiger partial charge in [0.05, 0.1) is 5.02 Å².